The normalized spacial score (nSPS) is 17.0. The van der Waals surface area contributed by atoms with E-state index in [-0.39, 0.29) is 11.9 Å². The van der Waals surface area contributed by atoms with Crippen LogP contribution in [-0.2, 0) is 24.2 Å². The number of aromatic nitrogens is 4. The molecular weight excluding hydrogens is 314 g/mol. The van der Waals surface area contributed by atoms with Crippen molar-refractivity contribution in [2.45, 2.75) is 51.6 Å². The van der Waals surface area contributed by atoms with Crippen molar-refractivity contribution in [2.24, 2.45) is 0 Å². The molecule has 0 spiro atoms. The number of nitrogens with one attached hydrogen (secondary N) is 2. The highest BCUT2D eigenvalue weighted by Crippen LogP contribution is 2.21. The Morgan fingerprint density at radius 1 is 1.36 bits per heavy atom. The summed E-state index contributed by atoms with van der Waals surface area (Å²) in [5, 5.41) is 12.9. The molecule has 0 unspecified atom stereocenters. The van der Waals surface area contributed by atoms with Crippen molar-refractivity contribution in [3.63, 3.8) is 0 Å². The molecule has 2 N–H and O–H groups in total. The fourth-order valence-corrected chi connectivity index (χ4v) is 3.62. The molecule has 1 aliphatic rings. The van der Waals surface area contributed by atoms with E-state index < -0.39 is 0 Å². The van der Waals surface area contributed by atoms with Crippen LogP contribution in [0.4, 0.5) is 0 Å². The van der Waals surface area contributed by atoms with Crippen LogP contribution in [-0.4, -0.2) is 31.7 Å². The molecule has 0 aliphatic carbocycles. The molecule has 0 saturated carbocycles. The number of H-pyrrole nitrogens is 1. The van der Waals surface area contributed by atoms with Gasteiger partial charge in [-0.1, -0.05) is 32.0 Å². The summed E-state index contributed by atoms with van der Waals surface area (Å²) in [5.41, 5.74) is 2.11. The molecule has 2 aromatic heterocycles. The number of benzene rings is 1. The number of hydrogen-bond donors (Lipinski definition) is 2. The highest BCUT2D eigenvalue weighted by molar-refractivity contribution is 5.88. The molecule has 1 atom stereocenters. The smallest absolute Gasteiger partial charge is 0.224 e. The van der Waals surface area contributed by atoms with Gasteiger partial charge in [-0.25, -0.2) is 0 Å². The molecule has 3 aromatic rings. The largest absolute Gasteiger partial charge is 0.361 e. The van der Waals surface area contributed by atoms with Gasteiger partial charge in [-0.05, 0) is 18.1 Å². The van der Waals surface area contributed by atoms with Gasteiger partial charge >= 0.3 is 0 Å². The average Bonchev–Trinajstić information content (AvgIpc) is 3.19. The Morgan fingerprint density at radius 3 is 3.04 bits per heavy atom. The molecule has 6 heteroatoms. The molecule has 130 valence electrons. The van der Waals surface area contributed by atoms with Gasteiger partial charge in [-0.15, -0.1) is 10.2 Å². The van der Waals surface area contributed by atoms with Crippen LogP contribution in [0.5, 0.6) is 0 Å². The molecule has 0 bridgehead atoms. The Labute approximate surface area is 146 Å². The van der Waals surface area contributed by atoms with Crippen molar-refractivity contribution < 1.29 is 4.79 Å². The Hall–Kier alpha value is -2.63. The molecule has 1 aromatic carbocycles. The van der Waals surface area contributed by atoms with E-state index >= 15 is 0 Å². The first-order valence-corrected chi connectivity index (χ1v) is 8.88. The van der Waals surface area contributed by atoms with E-state index in [0.717, 1.165) is 47.5 Å². The first kappa shape index (κ1) is 15.9. The standard InChI is InChI=1S/C19H23N5O/c1-12(2)19-23-22-17-8-7-14(11-24(17)19)21-18(25)9-13-10-20-16-6-4-3-5-15(13)16/h3-6,10,12,14,20H,7-9,11H2,1-2H3,(H,21,25)/t14-/m0/s1. The molecule has 1 amide bonds. The number of aryl methyl sites for hydroxylation is 1. The second-order valence-corrected chi connectivity index (χ2v) is 7.08. The van der Waals surface area contributed by atoms with Crippen LogP contribution in [0.25, 0.3) is 10.9 Å². The molecule has 6 nitrogen and oxygen atoms in total. The van der Waals surface area contributed by atoms with Crippen LogP contribution in [0.2, 0.25) is 0 Å². The number of carbonyl (C=O) groups is 1. The molecule has 25 heavy (non-hydrogen) atoms. The van der Waals surface area contributed by atoms with Gasteiger partial charge in [0.1, 0.15) is 11.6 Å². The molecule has 0 saturated heterocycles. The SMILES string of the molecule is CC(C)c1nnc2n1C[C@@H](NC(=O)Cc1c[nH]c3ccccc13)CC2. The van der Waals surface area contributed by atoms with Crippen LogP contribution in [0.1, 0.15) is 43.4 Å². The number of nitrogens with zero attached hydrogens (tertiary/aromatic N) is 3. The third-order valence-corrected chi connectivity index (χ3v) is 4.88. The lowest BCUT2D eigenvalue weighted by atomic mass is 10.0. The van der Waals surface area contributed by atoms with E-state index in [4.69, 9.17) is 0 Å². The lowest BCUT2D eigenvalue weighted by Crippen LogP contribution is -2.42. The van der Waals surface area contributed by atoms with Crippen LogP contribution in [0, 0.1) is 0 Å². The zero-order valence-corrected chi connectivity index (χ0v) is 14.6. The van der Waals surface area contributed by atoms with Crippen molar-refractivity contribution in [2.75, 3.05) is 0 Å². The number of aromatic amines is 1. The summed E-state index contributed by atoms with van der Waals surface area (Å²) >= 11 is 0. The van der Waals surface area contributed by atoms with Gasteiger partial charge in [0.05, 0.1) is 6.42 Å². The predicted octanol–water partition coefficient (Wildman–Crippen LogP) is 2.56. The Bertz CT molecular complexity index is 908. The summed E-state index contributed by atoms with van der Waals surface area (Å²) in [6.45, 7) is 5.00. The number of fused-ring (bicyclic) bond motifs is 2. The van der Waals surface area contributed by atoms with E-state index in [9.17, 15) is 4.79 Å². The fourth-order valence-electron chi connectivity index (χ4n) is 3.62. The third kappa shape index (κ3) is 3.04. The Morgan fingerprint density at radius 2 is 2.20 bits per heavy atom. The molecule has 4 rings (SSSR count). The Balaban J connectivity index is 1.44. The first-order valence-electron chi connectivity index (χ1n) is 8.88. The van der Waals surface area contributed by atoms with E-state index in [0.29, 0.717) is 12.3 Å². The van der Waals surface area contributed by atoms with Gasteiger partial charge in [-0.3, -0.25) is 4.79 Å². The quantitative estimate of drug-likeness (QED) is 0.768. The first-order chi connectivity index (χ1) is 12.1. The van der Waals surface area contributed by atoms with E-state index in [2.05, 4.69) is 38.9 Å². The van der Waals surface area contributed by atoms with Gasteiger partial charge in [0.2, 0.25) is 5.91 Å². The maximum Gasteiger partial charge on any atom is 0.224 e. The van der Waals surface area contributed by atoms with Crippen molar-refractivity contribution in [1.82, 2.24) is 25.1 Å². The number of amides is 1. The minimum absolute atomic E-state index is 0.0670. The summed E-state index contributed by atoms with van der Waals surface area (Å²) < 4.78 is 2.17. The molecule has 1 aliphatic heterocycles. The highest BCUT2D eigenvalue weighted by Gasteiger charge is 2.25. The monoisotopic (exact) mass is 337 g/mol. The van der Waals surface area contributed by atoms with Crippen molar-refractivity contribution >= 4 is 16.8 Å². The highest BCUT2D eigenvalue weighted by atomic mass is 16.1. The van der Waals surface area contributed by atoms with Gasteiger partial charge in [-0.2, -0.15) is 0 Å². The van der Waals surface area contributed by atoms with Gasteiger partial charge in [0.25, 0.3) is 0 Å². The van der Waals surface area contributed by atoms with Gasteiger partial charge in [0.15, 0.2) is 0 Å². The maximum absolute atomic E-state index is 12.5. The minimum atomic E-state index is 0.0670. The second-order valence-electron chi connectivity index (χ2n) is 7.08. The van der Waals surface area contributed by atoms with Crippen molar-refractivity contribution in [3.05, 3.63) is 47.7 Å². The third-order valence-electron chi connectivity index (χ3n) is 4.88. The summed E-state index contributed by atoms with van der Waals surface area (Å²) in [4.78, 5) is 15.8. The zero-order chi connectivity index (χ0) is 17.4. The van der Waals surface area contributed by atoms with E-state index in [1.54, 1.807) is 0 Å². The minimum Gasteiger partial charge on any atom is -0.361 e. The molecule has 3 heterocycles. The van der Waals surface area contributed by atoms with Gasteiger partial charge < -0.3 is 14.9 Å². The molecular formula is C19H23N5O. The maximum atomic E-state index is 12.5. The summed E-state index contributed by atoms with van der Waals surface area (Å²) in [6.07, 6.45) is 4.10. The summed E-state index contributed by atoms with van der Waals surface area (Å²) in [7, 11) is 0. The van der Waals surface area contributed by atoms with Crippen LogP contribution in [0.15, 0.2) is 30.5 Å². The lowest BCUT2D eigenvalue weighted by Gasteiger charge is -2.26. The van der Waals surface area contributed by atoms with E-state index in [1.807, 2.05) is 30.5 Å². The lowest BCUT2D eigenvalue weighted by molar-refractivity contribution is -0.121. The second kappa shape index (κ2) is 6.35. The molecule has 0 radical (unpaired) electrons. The zero-order valence-electron chi connectivity index (χ0n) is 14.6. The van der Waals surface area contributed by atoms with Crippen molar-refractivity contribution in [1.29, 1.82) is 0 Å². The van der Waals surface area contributed by atoms with Crippen molar-refractivity contribution in [3.8, 4) is 0 Å². The number of rotatable bonds is 4. The summed E-state index contributed by atoms with van der Waals surface area (Å²) in [5.74, 6) is 2.44. The molecule has 0 fully saturated rings. The van der Waals surface area contributed by atoms with Gasteiger partial charge in [0, 0.05) is 42.0 Å². The van der Waals surface area contributed by atoms with Crippen LogP contribution >= 0.6 is 0 Å². The van der Waals surface area contributed by atoms with E-state index in [1.165, 1.54) is 0 Å². The number of hydrogen-bond acceptors (Lipinski definition) is 3. The topological polar surface area (TPSA) is 75.6 Å². The fraction of sp³-hybridized carbons (Fsp3) is 0.421. The van der Waals surface area contributed by atoms with Crippen LogP contribution in [0.3, 0.4) is 0 Å². The number of para-hydroxylation sites is 1. The summed E-state index contributed by atoms with van der Waals surface area (Å²) in [6, 6.07) is 8.21. The Kier molecular flexibility index (Phi) is 4.03. The van der Waals surface area contributed by atoms with Crippen LogP contribution < -0.4 is 5.32 Å². The average molecular weight is 337 g/mol. The predicted molar refractivity (Wildman–Crippen MR) is 96.4 cm³/mol. The number of carbonyl (C=O) groups excluding carboxylic acids is 1.